The van der Waals surface area contributed by atoms with E-state index < -0.39 is 60.8 Å². The number of aliphatic hydroxyl groups is 4. The van der Waals surface area contributed by atoms with E-state index >= 15 is 0 Å². The first kappa shape index (κ1) is 95.7. The van der Waals surface area contributed by atoms with E-state index in [1.807, 2.05) is 75.7 Å². The summed E-state index contributed by atoms with van der Waals surface area (Å²) >= 11 is 39.3. The number of benzene rings is 6. The molecule has 124 heavy (non-hydrogen) atoms. The highest BCUT2D eigenvalue weighted by molar-refractivity contribution is 6.36. The van der Waals surface area contributed by atoms with Crippen LogP contribution in [0.2, 0.25) is 30.1 Å². The average molecular weight is 1830 g/mol. The number of hydrogen-bond donors (Lipinski definition) is 8. The maximum absolute atomic E-state index is 14.4. The number of aliphatic hydroxyl groups excluding tert-OH is 4. The molecule has 6 unspecified atom stereocenters. The Morgan fingerprint density at radius 3 is 1.07 bits per heavy atom. The Morgan fingerprint density at radius 2 is 0.758 bits per heavy atom. The predicted molar refractivity (Wildman–Crippen MR) is 473 cm³/mol. The molecule has 34 heteroatoms. The highest BCUT2D eigenvalue weighted by Crippen LogP contribution is 2.44. The van der Waals surface area contributed by atoms with E-state index in [1.165, 1.54) is 7.05 Å². The summed E-state index contributed by atoms with van der Waals surface area (Å²) in [6.07, 6.45) is -5.97. The molecular formula is C90H113Cl6N11O17. The summed E-state index contributed by atoms with van der Waals surface area (Å²) in [4.78, 5) is 110. The smallest absolute Gasteiger partial charge is 0.317 e. The van der Waals surface area contributed by atoms with E-state index in [4.69, 9.17) is 98.0 Å². The van der Waals surface area contributed by atoms with Gasteiger partial charge in [-0.2, -0.15) is 0 Å². The number of nitrogens with one attached hydrogen (secondary N) is 4. The fourth-order valence-electron chi connectivity index (χ4n) is 17.2. The lowest BCUT2D eigenvalue weighted by Gasteiger charge is -2.37. The third-order valence-electron chi connectivity index (χ3n) is 23.9. The minimum atomic E-state index is -1.73. The Kier molecular flexibility index (Phi) is 35.2. The Labute approximate surface area is 754 Å². The largest absolute Gasteiger partial charge is 0.396 e. The lowest BCUT2D eigenvalue weighted by atomic mass is 9.83. The third kappa shape index (κ3) is 25.4. The molecule has 0 aromatic heterocycles. The first-order chi connectivity index (χ1) is 59.6. The van der Waals surface area contributed by atoms with Gasteiger partial charge in [0.05, 0.1) is 98.0 Å². The van der Waals surface area contributed by atoms with Crippen molar-refractivity contribution < 1.29 is 82.4 Å². The second-order valence-electron chi connectivity index (χ2n) is 33.0. The van der Waals surface area contributed by atoms with Crippen molar-refractivity contribution in [3.8, 4) is 0 Å². The number of likely N-dealkylation sites (N-methyl/N-ethyl adjacent to an activating group) is 4. The van der Waals surface area contributed by atoms with Crippen LogP contribution >= 0.6 is 69.6 Å². The molecule has 0 saturated carbocycles. The minimum absolute atomic E-state index is 0.0176. The van der Waals surface area contributed by atoms with Gasteiger partial charge in [0.2, 0.25) is 17.7 Å². The molecule has 8 amide bonds. The molecule has 0 saturated heterocycles. The monoisotopic (exact) mass is 1830 g/mol. The molecule has 0 radical (unpaired) electrons. The van der Waals surface area contributed by atoms with E-state index in [0.717, 1.165) is 91.3 Å². The van der Waals surface area contributed by atoms with E-state index in [1.54, 1.807) is 32.9 Å². The van der Waals surface area contributed by atoms with Crippen LogP contribution in [0.4, 0.5) is 4.79 Å². The summed E-state index contributed by atoms with van der Waals surface area (Å²) in [6, 6.07) is 28.6. The summed E-state index contributed by atoms with van der Waals surface area (Å²) in [5, 5.41) is 56.6. The standard InChI is InChI=1S/C90H113Cl6N11O17/c1-101-49-71(68-40-62(91)43-77(94)74(68)52-101)56-5-8-59-46-105(86(115)65(59)37-56)21-28-122-34-31-119-25-18-97-82(111)11-15-90(100-89(118)104(4)55-81(110)85(114)80(109)14-24-108,16-12-83(112)98-19-26-120-32-35-123-29-22-106-47-60-9-6-57(38-66(60)87(106)116)72-50-102(2)53-75-69(72)41-63(92)44-78(75)95)17-13-84(113)99-20-27-121-33-36-124-30-23-107-48-61-10-7-58(39-67(61)88(107)117)73-51-103(3)54-76-70(73)42-64(93)45-79(76)96/h5-10,37-45,71-73,80-81,85,108-110,114H,11-36,46-55H2,1-4H3,(H,97,111)(H,98,112)(H,99,113)(H,100,118). The van der Waals surface area contributed by atoms with Crippen LogP contribution in [0.25, 0.3) is 0 Å². The number of halogens is 6. The summed E-state index contributed by atoms with van der Waals surface area (Å²) in [7, 11) is 7.47. The Bertz CT molecular complexity index is 4340. The van der Waals surface area contributed by atoms with Crippen LogP contribution in [0, 0.1) is 0 Å². The van der Waals surface area contributed by atoms with Gasteiger partial charge in [-0.3, -0.25) is 28.8 Å². The van der Waals surface area contributed by atoms with Gasteiger partial charge in [-0.25, -0.2) is 4.79 Å². The first-order valence-corrected chi connectivity index (χ1v) is 44.6. The molecule has 28 nitrogen and oxygen atoms in total. The Hall–Kier alpha value is -7.37. The van der Waals surface area contributed by atoms with Crippen molar-refractivity contribution in [3.05, 3.63) is 205 Å². The molecule has 12 rings (SSSR count). The van der Waals surface area contributed by atoms with Crippen molar-refractivity contribution >= 4 is 111 Å². The van der Waals surface area contributed by atoms with Crippen LogP contribution in [0.3, 0.4) is 0 Å². The van der Waals surface area contributed by atoms with Gasteiger partial charge in [-0.1, -0.05) is 106 Å². The highest BCUT2D eigenvalue weighted by atomic mass is 35.5. The van der Waals surface area contributed by atoms with Gasteiger partial charge in [-0.05, 0) is 168 Å². The molecule has 0 bridgehead atoms. The third-order valence-corrected chi connectivity index (χ3v) is 25.6. The van der Waals surface area contributed by atoms with Gasteiger partial charge in [0.1, 0.15) is 6.10 Å². The van der Waals surface area contributed by atoms with Crippen molar-refractivity contribution in [2.75, 3.05) is 180 Å². The first-order valence-electron chi connectivity index (χ1n) is 42.3. The SMILES string of the molecule is CN1Cc2c(Cl)cc(Cl)cc2C(c2ccc3c(c2)C(=O)N(CCOCCOCCNC(=O)CCC(CCC(=O)NCCOCCOCCN2Cc4ccc(C5CN(C)Cc6c(Cl)cc(Cl)cc65)cc4C2=O)(CCC(=O)NCCOCCOCCN2Cc4ccc(C5CN(C)Cc6c(Cl)cc(Cl)cc65)cc4C2=O)NC(=O)N(C)CC(O)C(O)C(O)CCO)C3)C1. The number of carbonyl (C=O) groups is 7. The molecule has 672 valence electrons. The number of ether oxygens (including phenoxy) is 6. The van der Waals surface area contributed by atoms with Crippen LogP contribution in [0.5, 0.6) is 0 Å². The van der Waals surface area contributed by atoms with Gasteiger partial charge in [0.15, 0.2) is 0 Å². The zero-order valence-electron chi connectivity index (χ0n) is 70.6. The van der Waals surface area contributed by atoms with Crippen molar-refractivity contribution in [1.29, 1.82) is 0 Å². The van der Waals surface area contributed by atoms with Gasteiger partial charge < -0.3 is 104 Å². The van der Waals surface area contributed by atoms with Crippen LogP contribution in [-0.4, -0.2) is 300 Å². The summed E-state index contributed by atoms with van der Waals surface area (Å²) in [5.74, 6) is -1.57. The van der Waals surface area contributed by atoms with Gasteiger partial charge in [-0.15, -0.1) is 0 Å². The number of amides is 8. The molecule has 8 N–H and O–H groups in total. The summed E-state index contributed by atoms with van der Waals surface area (Å²) < 4.78 is 35.1. The van der Waals surface area contributed by atoms with Gasteiger partial charge in [0, 0.05) is 201 Å². The maximum Gasteiger partial charge on any atom is 0.317 e. The number of carbonyl (C=O) groups excluding carboxylic acids is 7. The number of fused-ring (bicyclic) bond motifs is 6. The zero-order valence-corrected chi connectivity index (χ0v) is 75.1. The number of nitrogens with zero attached hydrogens (tertiary/aromatic N) is 7. The fraction of sp³-hybridized carbons (Fsp3) is 0.522. The minimum Gasteiger partial charge on any atom is -0.396 e. The predicted octanol–water partition coefficient (Wildman–Crippen LogP) is 9.24. The Balaban J connectivity index is 0.601. The number of urea groups is 1. The molecular weight excluding hydrogens is 1720 g/mol. The zero-order chi connectivity index (χ0) is 88.3. The Morgan fingerprint density at radius 1 is 0.444 bits per heavy atom. The van der Waals surface area contributed by atoms with Crippen LogP contribution in [0.15, 0.2) is 91.0 Å². The normalized spacial score (nSPS) is 18.1. The molecule has 0 spiro atoms. The molecule has 6 aromatic carbocycles. The van der Waals surface area contributed by atoms with Gasteiger partial charge >= 0.3 is 6.03 Å². The molecule has 6 aromatic rings. The van der Waals surface area contributed by atoms with Crippen molar-refractivity contribution in [2.24, 2.45) is 0 Å². The quantitative estimate of drug-likeness (QED) is 0.0165. The van der Waals surface area contributed by atoms with E-state index in [2.05, 4.69) is 54.2 Å². The molecule has 0 aliphatic carbocycles. The maximum atomic E-state index is 14.4. The average Bonchev–Trinajstić information content (AvgIpc) is 1.74. The topological polar surface area (TPSA) is 327 Å². The summed E-state index contributed by atoms with van der Waals surface area (Å²) in [5.41, 5.74) is 12.6. The molecule has 6 aliphatic heterocycles. The van der Waals surface area contributed by atoms with Crippen molar-refractivity contribution in [1.82, 2.24) is 55.6 Å². The van der Waals surface area contributed by atoms with Crippen molar-refractivity contribution in [2.45, 2.75) is 126 Å². The second-order valence-corrected chi connectivity index (χ2v) is 35.5. The van der Waals surface area contributed by atoms with Crippen LogP contribution < -0.4 is 21.3 Å². The lowest BCUT2D eigenvalue weighted by molar-refractivity contribution is -0.121. The van der Waals surface area contributed by atoms with Crippen LogP contribution in [0.1, 0.15) is 161 Å². The molecule has 6 atom stereocenters. The molecule has 0 fully saturated rings. The van der Waals surface area contributed by atoms with Gasteiger partial charge in [0.25, 0.3) is 17.7 Å². The summed E-state index contributed by atoms with van der Waals surface area (Å²) in [6.45, 7) is 8.43. The van der Waals surface area contributed by atoms with E-state index in [-0.39, 0.29) is 179 Å². The van der Waals surface area contributed by atoms with E-state index in [9.17, 15) is 54.0 Å². The lowest BCUT2D eigenvalue weighted by Crippen LogP contribution is -2.55. The van der Waals surface area contributed by atoms with Crippen LogP contribution in [-0.2, 0) is 82.1 Å². The number of hydrogen-bond acceptors (Lipinski definition) is 20. The highest BCUT2D eigenvalue weighted by Gasteiger charge is 2.39. The van der Waals surface area contributed by atoms with Crippen molar-refractivity contribution in [3.63, 3.8) is 0 Å². The second kappa shape index (κ2) is 45.6. The number of rotatable bonds is 46. The molecule has 6 heterocycles. The van der Waals surface area contributed by atoms with E-state index in [0.29, 0.717) is 106 Å². The fourth-order valence-corrected chi connectivity index (χ4v) is 18.9. The molecule has 6 aliphatic rings.